The van der Waals surface area contributed by atoms with E-state index < -0.39 is 18.2 Å². The van der Waals surface area contributed by atoms with E-state index in [2.05, 4.69) is 86.8 Å². The monoisotopic (exact) mass is 848 g/mol. The molecule has 3 N–H and O–H groups in total. The van der Waals surface area contributed by atoms with E-state index in [1.807, 2.05) is 36.5 Å². The summed E-state index contributed by atoms with van der Waals surface area (Å²) in [4.78, 5) is 26.1. The molecule has 348 valence electrons. The molecule has 0 aromatic rings. The van der Waals surface area contributed by atoms with Crippen molar-refractivity contribution in [1.29, 1.82) is 0 Å². The van der Waals surface area contributed by atoms with Crippen LogP contribution < -0.4 is 5.32 Å². The molecule has 0 aromatic carbocycles. The van der Waals surface area contributed by atoms with E-state index in [-0.39, 0.29) is 24.9 Å². The number of hydrogen-bond donors (Lipinski definition) is 3. The molecular formula is C55H93NO5. The Hall–Kier alpha value is -3.22. The molecule has 0 aliphatic rings. The van der Waals surface area contributed by atoms with Crippen molar-refractivity contribution < 1.29 is 24.5 Å². The number of nitrogens with one attached hydrogen (secondary N) is 1. The molecule has 0 fully saturated rings. The minimum Gasteiger partial charge on any atom is -0.462 e. The fourth-order valence-corrected chi connectivity index (χ4v) is 7.05. The molecule has 0 saturated carbocycles. The molecular weight excluding hydrogens is 755 g/mol. The first kappa shape index (κ1) is 57.8. The van der Waals surface area contributed by atoms with Gasteiger partial charge in [-0.05, 0) is 64.2 Å². The molecule has 0 spiro atoms. The summed E-state index contributed by atoms with van der Waals surface area (Å²) in [7, 11) is 0. The molecule has 61 heavy (non-hydrogen) atoms. The van der Waals surface area contributed by atoms with Gasteiger partial charge in [0.05, 0.1) is 25.2 Å². The number of carbonyl (C=O) groups excluding carboxylic acids is 2. The number of aliphatic hydroxyl groups is 2. The van der Waals surface area contributed by atoms with Gasteiger partial charge in [0, 0.05) is 6.42 Å². The molecule has 1 amide bonds. The minimum atomic E-state index is -0.806. The predicted molar refractivity (Wildman–Crippen MR) is 264 cm³/mol. The standard InChI is InChI=1S/C55H93NO5/c1-4-7-10-13-16-19-22-24-26-28-29-32-34-37-40-43-46-51(61-55(60)48-45-42-39-36-33-30-27-25-23-20-17-14-11-8-5-2)49-54(59)56-52(50-57)53(58)47-44-41-38-35-31-21-18-15-12-9-6-3/h8,10-11,13-14,16-17,19-20,22-24,26,28-29,32,51-53,57-58H,4-7,9,12,15,18,21,25,27,30-31,33-50H2,1-3H3,(H,56,59)/b11-8+,13-10+,17-14+,19-16+,23-20+,24-22+,28-26+,32-29+. The first-order valence-corrected chi connectivity index (χ1v) is 25.1. The van der Waals surface area contributed by atoms with Crippen LogP contribution in [-0.4, -0.2) is 46.9 Å². The highest BCUT2D eigenvalue weighted by atomic mass is 16.5. The Morgan fingerprint density at radius 2 is 0.918 bits per heavy atom. The number of hydrogen-bond acceptors (Lipinski definition) is 5. The second-order valence-corrected chi connectivity index (χ2v) is 16.7. The third kappa shape index (κ3) is 43.2. The molecule has 6 nitrogen and oxygen atoms in total. The first-order valence-electron chi connectivity index (χ1n) is 25.1. The SMILES string of the molecule is CC/C=C/C=C/C=C/CCCCCCCCCC(=O)OC(CCCCC/C=C/C=C/C=C/C=C/C=C/CCC)CC(=O)NC(CO)C(O)CCCCCCCCCCCCC. The van der Waals surface area contributed by atoms with Gasteiger partial charge in [-0.25, -0.2) is 0 Å². The third-order valence-corrected chi connectivity index (χ3v) is 10.8. The van der Waals surface area contributed by atoms with E-state index in [0.717, 1.165) is 83.5 Å². The van der Waals surface area contributed by atoms with Gasteiger partial charge < -0.3 is 20.3 Å². The van der Waals surface area contributed by atoms with Crippen LogP contribution in [0.4, 0.5) is 0 Å². The van der Waals surface area contributed by atoms with E-state index in [1.165, 1.54) is 83.5 Å². The van der Waals surface area contributed by atoms with Gasteiger partial charge in [-0.15, -0.1) is 0 Å². The summed E-state index contributed by atoms with van der Waals surface area (Å²) < 4.78 is 5.91. The maximum absolute atomic E-state index is 13.2. The molecule has 0 rings (SSSR count). The minimum absolute atomic E-state index is 0.0389. The van der Waals surface area contributed by atoms with Crippen molar-refractivity contribution in [3.63, 3.8) is 0 Å². The Labute approximate surface area is 376 Å². The lowest BCUT2D eigenvalue weighted by Crippen LogP contribution is -2.46. The second-order valence-electron chi connectivity index (χ2n) is 16.7. The zero-order valence-corrected chi connectivity index (χ0v) is 39.5. The summed E-state index contributed by atoms with van der Waals surface area (Å²) >= 11 is 0. The van der Waals surface area contributed by atoms with E-state index in [9.17, 15) is 19.8 Å². The van der Waals surface area contributed by atoms with Crippen LogP contribution in [0.25, 0.3) is 0 Å². The van der Waals surface area contributed by atoms with Crippen LogP contribution in [0.1, 0.15) is 213 Å². The Kier molecular flexibility index (Phi) is 45.3. The molecule has 6 heteroatoms. The number of ether oxygens (including phenoxy) is 1. The van der Waals surface area contributed by atoms with Gasteiger partial charge in [0.2, 0.25) is 5.91 Å². The molecule has 0 aliphatic heterocycles. The number of aliphatic hydroxyl groups excluding tert-OH is 2. The fraction of sp³-hybridized carbons (Fsp3) is 0.673. The van der Waals surface area contributed by atoms with E-state index >= 15 is 0 Å². The van der Waals surface area contributed by atoms with Gasteiger partial charge in [-0.2, -0.15) is 0 Å². The van der Waals surface area contributed by atoms with Crippen LogP contribution in [0.5, 0.6) is 0 Å². The van der Waals surface area contributed by atoms with Crippen molar-refractivity contribution in [2.75, 3.05) is 6.61 Å². The van der Waals surface area contributed by atoms with Crippen LogP contribution in [0.3, 0.4) is 0 Å². The summed E-state index contributed by atoms with van der Waals surface area (Å²) in [6, 6.07) is -0.723. The van der Waals surface area contributed by atoms with Crippen molar-refractivity contribution in [2.24, 2.45) is 0 Å². The van der Waals surface area contributed by atoms with Crippen LogP contribution in [0.2, 0.25) is 0 Å². The van der Waals surface area contributed by atoms with Crippen molar-refractivity contribution >= 4 is 11.9 Å². The predicted octanol–water partition coefficient (Wildman–Crippen LogP) is 14.9. The maximum atomic E-state index is 13.2. The molecule has 0 saturated heterocycles. The summed E-state index contributed by atoms with van der Waals surface area (Å²) in [5.74, 6) is -0.538. The average Bonchev–Trinajstić information content (AvgIpc) is 3.25. The topological polar surface area (TPSA) is 95.9 Å². The summed E-state index contributed by atoms with van der Waals surface area (Å²) in [6.07, 6.45) is 63.1. The number of amides is 1. The fourth-order valence-electron chi connectivity index (χ4n) is 7.05. The number of rotatable bonds is 43. The van der Waals surface area contributed by atoms with E-state index in [1.54, 1.807) is 0 Å². The molecule has 0 heterocycles. The number of carbonyl (C=O) groups is 2. The Balaban J connectivity index is 4.74. The molecule has 0 aliphatic carbocycles. The lowest BCUT2D eigenvalue weighted by molar-refractivity contribution is -0.151. The van der Waals surface area contributed by atoms with Crippen LogP contribution in [0.15, 0.2) is 97.2 Å². The molecule has 0 bridgehead atoms. The van der Waals surface area contributed by atoms with Crippen LogP contribution in [0, 0.1) is 0 Å². The Bertz CT molecular complexity index is 1220. The highest BCUT2D eigenvalue weighted by molar-refractivity contribution is 5.77. The normalized spacial score (nSPS) is 14.1. The zero-order valence-electron chi connectivity index (χ0n) is 39.5. The lowest BCUT2D eigenvalue weighted by atomic mass is 10.0. The lowest BCUT2D eigenvalue weighted by Gasteiger charge is -2.24. The van der Waals surface area contributed by atoms with Gasteiger partial charge in [0.15, 0.2) is 0 Å². The maximum Gasteiger partial charge on any atom is 0.306 e. The van der Waals surface area contributed by atoms with Crippen molar-refractivity contribution in [3.05, 3.63) is 97.2 Å². The first-order chi connectivity index (χ1) is 30.0. The van der Waals surface area contributed by atoms with Gasteiger partial charge >= 0.3 is 5.97 Å². The third-order valence-electron chi connectivity index (χ3n) is 10.8. The van der Waals surface area contributed by atoms with Crippen molar-refractivity contribution in [3.8, 4) is 0 Å². The number of allylic oxidation sites excluding steroid dienone is 16. The smallest absolute Gasteiger partial charge is 0.306 e. The van der Waals surface area contributed by atoms with Crippen LogP contribution >= 0.6 is 0 Å². The second kappa shape index (κ2) is 47.8. The van der Waals surface area contributed by atoms with Gasteiger partial charge in [-0.1, -0.05) is 234 Å². The summed E-state index contributed by atoms with van der Waals surface area (Å²) in [5, 5.41) is 23.7. The summed E-state index contributed by atoms with van der Waals surface area (Å²) in [5.41, 5.74) is 0. The van der Waals surface area contributed by atoms with E-state index in [0.29, 0.717) is 19.3 Å². The van der Waals surface area contributed by atoms with Gasteiger partial charge in [0.1, 0.15) is 6.10 Å². The molecule has 0 aromatic heterocycles. The van der Waals surface area contributed by atoms with Gasteiger partial charge in [0.25, 0.3) is 0 Å². The quantitative estimate of drug-likeness (QED) is 0.0323. The Morgan fingerprint density at radius 3 is 1.43 bits per heavy atom. The largest absolute Gasteiger partial charge is 0.462 e. The highest BCUT2D eigenvalue weighted by Crippen LogP contribution is 2.17. The van der Waals surface area contributed by atoms with Crippen molar-refractivity contribution in [2.45, 2.75) is 232 Å². The van der Waals surface area contributed by atoms with E-state index in [4.69, 9.17) is 4.74 Å². The van der Waals surface area contributed by atoms with Crippen molar-refractivity contribution in [1.82, 2.24) is 5.32 Å². The Morgan fingerprint density at radius 1 is 0.492 bits per heavy atom. The molecule has 0 radical (unpaired) electrons. The van der Waals surface area contributed by atoms with Gasteiger partial charge in [-0.3, -0.25) is 9.59 Å². The van der Waals surface area contributed by atoms with Crippen LogP contribution in [-0.2, 0) is 14.3 Å². The average molecular weight is 848 g/mol. The molecule has 3 atom stereocenters. The molecule has 3 unspecified atom stereocenters. The highest BCUT2D eigenvalue weighted by Gasteiger charge is 2.24. The summed E-state index contributed by atoms with van der Waals surface area (Å²) in [6.45, 7) is 6.23. The zero-order chi connectivity index (χ0) is 44.5. The number of unbranched alkanes of at least 4 members (excludes halogenated alkanes) is 21. The number of esters is 1.